The molecule has 106 valence electrons. The molecule has 0 unspecified atom stereocenters. The van der Waals surface area contributed by atoms with Crippen LogP contribution in [0.2, 0.25) is 0 Å². The molecule has 1 aliphatic heterocycles. The summed E-state index contributed by atoms with van der Waals surface area (Å²) >= 11 is 0. The highest BCUT2D eigenvalue weighted by Gasteiger charge is 2.26. The first-order valence-corrected chi connectivity index (χ1v) is 6.23. The van der Waals surface area contributed by atoms with E-state index in [2.05, 4.69) is 5.32 Å². The molecule has 1 heterocycles. The van der Waals surface area contributed by atoms with Gasteiger partial charge in [0, 0.05) is 19.6 Å². The first-order valence-electron chi connectivity index (χ1n) is 6.23. The van der Waals surface area contributed by atoms with Crippen LogP contribution < -0.4 is 11.1 Å². The minimum absolute atomic E-state index is 0. The molecular formula is C12H24ClN3O2. The van der Waals surface area contributed by atoms with Crippen molar-refractivity contribution >= 4 is 24.2 Å². The topological polar surface area (TPSA) is 75.4 Å². The highest BCUT2D eigenvalue weighted by atomic mass is 35.5. The maximum Gasteiger partial charge on any atom is 0.241 e. The number of rotatable bonds is 4. The van der Waals surface area contributed by atoms with Gasteiger partial charge in [0.05, 0.1) is 12.0 Å². The summed E-state index contributed by atoms with van der Waals surface area (Å²) < 4.78 is 0. The Hall–Kier alpha value is -0.810. The number of carbonyl (C=O) groups excluding carboxylic acids is 2. The summed E-state index contributed by atoms with van der Waals surface area (Å²) in [7, 11) is 0. The van der Waals surface area contributed by atoms with Gasteiger partial charge in [-0.3, -0.25) is 9.59 Å². The van der Waals surface area contributed by atoms with Crippen molar-refractivity contribution in [2.24, 2.45) is 11.1 Å². The van der Waals surface area contributed by atoms with Gasteiger partial charge in [0.25, 0.3) is 0 Å². The van der Waals surface area contributed by atoms with Crippen molar-refractivity contribution in [2.75, 3.05) is 26.2 Å². The quantitative estimate of drug-likeness (QED) is 0.787. The predicted molar refractivity (Wildman–Crippen MR) is 73.5 cm³/mol. The largest absolute Gasteiger partial charge is 0.347 e. The van der Waals surface area contributed by atoms with E-state index in [0.29, 0.717) is 0 Å². The van der Waals surface area contributed by atoms with Crippen LogP contribution in [-0.4, -0.2) is 42.9 Å². The summed E-state index contributed by atoms with van der Waals surface area (Å²) in [6, 6.07) is 0. The van der Waals surface area contributed by atoms with Gasteiger partial charge in [-0.2, -0.15) is 0 Å². The predicted octanol–water partition coefficient (Wildman–Crippen LogP) is 0.522. The van der Waals surface area contributed by atoms with Crippen molar-refractivity contribution in [2.45, 2.75) is 33.1 Å². The second kappa shape index (κ2) is 7.59. The van der Waals surface area contributed by atoms with Crippen LogP contribution in [-0.2, 0) is 9.59 Å². The molecule has 6 heteroatoms. The Labute approximate surface area is 115 Å². The number of nitrogens with two attached hydrogens (primary N) is 1. The van der Waals surface area contributed by atoms with Crippen molar-refractivity contribution in [1.29, 1.82) is 0 Å². The average Bonchev–Trinajstić information content (AvgIpc) is 2.36. The Morgan fingerprint density at radius 3 is 2.28 bits per heavy atom. The molecule has 1 saturated heterocycles. The second-order valence-electron chi connectivity index (χ2n) is 5.21. The van der Waals surface area contributed by atoms with Gasteiger partial charge in [-0.1, -0.05) is 0 Å². The highest BCUT2D eigenvalue weighted by molar-refractivity contribution is 5.87. The van der Waals surface area contributed by atoms with Gasteiger partial charge in [0.2, 0.25) is 11.8 Å². The number of nitrogens with zero attached hydrogens (tertiary/aromatic N) is 1. The molecule has 3 N–H and O–H groups in total. The van der Waals surface area contributed by atoms with Gasteiger partial charge >= 0.3 is 0 Å². The summed E-state index contributed by atoms with van der Waals surface area (Å²) in [5, 5.41) is 2.66. The van der Waals surface area contributed by atoms with Crippen molar-refractivity contribution in [3.8, 4) is 0 Å². The van der Waals surface area contributed by atoms with E-state index in [1.165, 1.54) is 6.42 Å². The fourth-order valence-electron chi connectivity index (χ4n) is 1.74. The van der Waals surface area contributed by atoms with Crippen LogP contribution in [0.25, 0.3) is 0 Å². The highest BCUT2D eigenvalue weighted by Crippen LogP contribution is 2.12. The lowest BCUT2D eigenvalue weighted by molar-refractivity contribution is -0.135. The van der Waals surface area contributed by atoms with Crippen LogP contribution in [0.5, 0.6) is 0 Å². The monoisotopic (exact) mass is 277 g/mol. The van der Waals surface area contributed by atoms with Crippen LogP contribution in [0, 0.1) is 5.41 Å². The van der Waals surface area contributed by atoms with Gasteiger partial charge < -0.3 is 16.0 Å². The Kier molecular flexibility index (Phi) is 7.25. The molecule has 5 nitrogen and oxygen atoms in total. The van der Waals surface area contributed by atoms with Gasteiger partial charge in [-0.15, -0.1) is 12.4 Å². The molecule has 0 atom stereocenters. The first-order chi connectivity index (χ1) is 7.97. The van der Waals surface area contributed by atoms with Crippen LogP contribution in [0.15, 0.2) is 0 Å². The molecule has 0 aromatic carbocycles. The van der Waals surface area contributed by atoms with Crippen LogP contribution in [0.1, 0.15) is 33.1 Å². The first kappa shape index (κ1) is 17.2. The third kappa shape index (κ3) is 4.82. The fourth-order valence-corrected chi connectivity index (χ4v) is 1.74. The molecule has 2 amide bonds. The Morgan fingerprint density at radius 2 is 1.78 bits per heavy atom. The number of carbonyl (C=O) groups is 2. The number of piperidine rings is 1. The molecule has 0 radical (unpaired) electrons. The summed E-state index contributed by atoms with van der Waals surface area (Å²) in [6.07, 6.45) is 3.32. The lowest BCUT2D eigenvalue weighted by Gasteiger charge is -2.27. The van der Waals surface area contributed by atoms with Gasteiger partial charge in [0.1, 0.15) is 0 Å². The Balaban J connectivity index is 0.00000289. The number of likely N-dealkylation sites (tertiary alicyclic amines) is 1. The zero-order chi connectivity index (χ0) is 12.9. The van der Waals surface area contributed by atoms with Crippen LogP contribution in [0.3, 0.4) is 0 Å². The maximum atomic E-state index is 11.8. The van der Waals surface area contributed by atoms with Crippen LogP contribution in [0.4, 0.5) is 0 Å². The van der Waals surface area contributed by atoms with Gasteiger partial charge in [0.15, 0.2) is 0 Å². The number of hydrogen-bond acceptors (Lipinski definition) is 3. The molecule has 0 aromatic heterocycles. The number of nitrogens with one attached hydrogen (secondary N) is 1. The summed E-state index contributed by atoms with van der Waals surface area (Å²) in [4.78, 5) is 25.3. The average molecular weight is 278 g/mol. The molecule has 1 rings (SSSR count). The minimum atomic E-state index is -0.609. The van der Waals surface area contributed by atoms with E-state index in [-0.39, 0.29) is 37.3 Å². The van der Waals surface area contributed by atoms with E-state index in [4.69, 9.17) is 5.73 Å². The van der Waals surface area contributed by atoms with E-state index in [0.717, 1.165) is 25.9 Å². The zero-order valence-corrected chi connectivity index (χ0v) is 12.0. The number of hydrogen-bond donors (Lipinski definition) is 2. The molecule has 18 heavy (non-hydrogen) atoms. The van der Waals surface area contributed by atoms with E-state index < -0.39 is 5.41 Å². The fraction of sp³-hybridized carbons (Fsp3) is 0.833. The van der Waals surface area contributed by atoms with E-state index >= 15 is 0 Å². The smallest absolute Gasteiger partial charge is 0.241 e. The molecule has 0 spiro atoms. The van der Waals surface area contributed by atoms with E-state index in [9.17, 15) is 9.59 Å². The number of amides is 2. The molecular weight excluding hydrogens is 254 g/mol. The summed E-state index contributed by atoms with van der Waals surface area (Å²) in [6.45, 7) is 5.53. The van der Waals surface area contributed by atoms with Crippen molar-refractivity contribution in [3.05, 3.63) is 0 Å². The normalized spacial score (nSPS) is 15.8. The summed E-state index contributed by atoms with van der Waals surface area (Å²) in [5.74, 6) is -0.156. The molecule has 0 aliphatic carbocycles. The second-order valence-corrected chi connectivity index (χ2v) is 5.21. The molecule has 1 fully saturated rings. The number of halogens is 1. The van der Waals surface area contributed by atoms with E-state index in [1.807, 2.05) is 4.90 Å². The third-order valence-electron chi connectivity index (χ3n) is 3.23. The van der Waals surface area contributed by atoms with Gasteiger partial charge in [-0.05, 0) is 33.1 Å². The van der Waals surface area contributed by atoms with Crippen molar-refractivity contribution in [3.63, 3.8) is 0 Å². The minimum Gasteiger partial charge on any atom is -0.347 e. The molecule has 0 bridgehead atoms. The van der Waals surface area contributed by atoms with E-state index in [1.54, 1.807) is 13.8 Å². The van der Waals surface area contributed by atoms with Gasteiger partial charge in [-0.25, -0.2) is 0 Å². The van der Waals surface area contributed by atoms with Crippen LogP contribution >= 0.6 is 12.4 Å². The molecule has 0 saturated carbocycles. The maximum absolute atomic E-state index is 11.8. The third-order valence-corrected chi connectivity index (χ3v) is 3.23. The van der Waals surface area contributed by atoms with Crippen molar-refractivity contribution in [1.82, 2.24) is 10.2 Å². The van der Waals surface area contributed by atoms with Crippen molar-refractivity contribution < 1.29 is 9.59 Å². The lowest BCUT2D eigenvalue weighted by atomic mass is 9.93. The lowest BCUT2D eigenvalue weighted by Crippen LogP contribution is -2.47. The summed E-state index contributed by atoms with van der Waals surface area (Å²) in [5.41, 5.74) is 4.89. The molecule has 1 aliphatic rings. The Morgan fingerprint density at radius 1 is 1.22 bits per heavy atom. The standard InChI is InChI=1S/C12H23N3O2.ClH/c1-12(2,9-13)11(17)14-8-10(16)15-6-4-3-5-7-15;/h3-9,13H2,1-2H3,(H,14,17);1H. The Bertz CT molecular complexity index is 289. The SMILES string of the molecule is CC(C)(CN)C(=O)NCC(=O)N1CCCCC1.Cl. The molecule has 0 aromatic rings. The zero-order valence-electron chi connectivity index (χ0n) is 11.2.